The van der Waals surface area contributed by atoms with Gasteiger partial charge in [0.15, 0.2) is 0 Å². The van der Waals surface area contributed by atoms with Gasteiger partial charge in [-0.3, -0.25) is 0 Å². The lowest BCUT2D eigenvalue weighted by atomic mass is 9.75. The molecule has 0 atom stereocenters. The number of hydrogen-bond acceptors (Lipinski definition) is 3. The molecule has 0 radical (unpaired) electrons. The maximum Gasteiger partial charge on any atom is 0.143 e. The summed E-state index contributed by atoms with van der Waals surface area (Å²) in [5.74, 6) is 0. The Morgan fingerprint density at radius 3 is 3.00 bits per heavy atom. The number of aromatic nitrogens is 3. The summed E-state index contributed by atoms with van der Waals surface area (Å²) in [6.07, 6.45) is 8.98. The number of hydrogen-bond donors (Lipinski definition) is 1. The third kappa shape index (κ3) is 1.19. The molecule has 1 saturated carbocycles. The molecule has 0 saturated heterocycles. The van der Waals surface area contributed by atoms with Crippen molar-refractivity contribution in [3.05, 3.63) is 23.8 Å². The molecule has 4 rings (SSSR count). The first-order chi connectivity index (χ1) is 8.82. The quantitative estimate of drug-likeness (QED) is 0.767. The molecule has 0 bridgehead atoms. The highest BCUT2D eigenvalue weighted by molar-refractivity contribution is 5.83. The van der Waals surface area contributed by atoms with E-state index in [9.17, 15) is 0 Å². The van der Waals surface area contributed by atoms with E-state index >= 15 is 0 Å². The van der Waals surface area contributed by atoms with E-state index in [1.165, 1.54) is 42.3 Å². The molecule has 94 valence electrons. The van der Waals surface area contributed by atoms with E-state index in [0.717, 1.165) is 18.7 Å². The lowest BCUT2D eigenvalue weighted by molar-refractivity contribution is 0.374. The normalized spacial score (nSPS) is 21.6. The summed E-state index contributed by atoms with van der Waals surface area (Å²) in [6, 6.07) is 0. The molecule has 1 N–H and O–H groups in total. The minimum absolute atomic E-state index is 0.345. The highest BCUT2D eigenvalue weighted by Crippen LogP contribution is 2.46. The Kier molecular flexibility index (Phi) is 2.07. The van der Waals surface area contributed by atoms with Gasteiger partial charge in [-0.1, -0.05) is 12.8 Å². The Labute approximate surface area is 106 Å². The van der Waals surface area contributed by atoms with Crippen LogP contribution in [0.15, 0.2) is 12.5 Å². The SMILES string of the molecule is Cn1c2c(c3cncnc31)C1(CCCC1)CNC2. The minimum atomic E-state index is 0.345. The van der Waals surface area contributed by atoms with E-state index in [0.29, 0.717) is 5.41 Å². The highest BCUT2D eigenvalue weighted by Gasteiger charge is 2.42. The Hall–Kier alpha value is -1.42. The number of nitrogens with zero attached hydrogens (tertiary/aromatic N) is 3. The average molecular weight is 242 g/mol. The second-order valence-electron chi connectivity index (χ2n) is 5.73. The maximum absolute atomic E-state index is 4.46. The molecule has 0 aromatic carbocycles. The first-order valence-corrected chi connectivity index (χ1v) is 6.80. The lowest BCUT2D eigenvalue weighted by Crippen LogP contribution is -2.41. The molecule has 0 unspecified atom stereocenters. The molecule has 1 spiro atoms. The predicted octanol–water partition coefficient (Wildman–Crippen LogP) is 1.88. The summed E-state index contributed by atoms with van der Waals surface area (Å²) in [4.78, 5) is 8.71. The summed E-state index contributed by atoms with van der Waals surface area (Å²) in [6.45, 7) is 2.08. The van der Waals surface area contributed by atoms with E-state index in [1.807, 2.05) is 6.20 Å². The van der Waals surface area contributed by atoms with Crippen LogP contribution < -0.4 is 5.32 Å². The zero-order valence-electron chi connectivity index (χ0n) is 10.7. The van der Waals surface area contributed by atoms with E-state index in [2.05, 4.69) is 26.9 Å². The van der Waals surface area contributed by atoms with Crippen LogP contribution in [0.1, 0.15) is 36.9 Å². The van der Waals surface area contributed by atoms with Crippen LogP contribution in [0, 0.1) is 0 Å². The van der Waals surface area contributed by atoms with Gasteiger partial charge in [0.2, 0.25) is 0 Å². The summed E-state index contributed by atoms with van der Waals surface area (Å²) < 4.78 is 2.25. The summed E-state index contributed by atoms with van der Waals surface area (Å²) in [5, 5.41) is 4.88. The van der Waals surface area contributed by atoms with Crippen LogP contribution in [0.5, 0.6) is 0 Å². The molecular weight excluding hydrogens is 224 g/mol. The summed E-state index contributed by atoms with van der Waals surface area (Å²) in [7, 11) is 2.13. The van der Waals surface area contributed by atoms with Crippen molar-refractivity contribution in [3.63, 3.8) is 0 Å². The van der Waals surface area contributed by atoms with Crippen molar-refractivity contribution in [3.8, 4) is 0 Å². The van der Waals surface area contributed by atoms with Gasteiger partial charge in [0.25, 0.3) is 0 Å². The lowest BCUT2D eigenvalue weighted by Gasteiger charge is -2.35. The van der Waals surface area contributed by atoms with E-state index < -0.39 is 0 Å². The van der Waals surface area contributed by atoms with Gasteiger partial charge in [-0.05, 0) is 18.4 Å². The summed E-state index contributed by atoms with van der Waals surface area (Å²) >= 11 is 0. The topological polar surface area (TPSA) is 42.7 Å². The molecule has 1 aliphatic carbocycles. The fraction of sp³-hybridized carbons (Fsp3) is 0.571. The molecule has 1 fully saturated rings. The second kappa shape index (κ2) is 3.54. The molecule has 1 aliphatic heterocycles. The van der Waals surface area contributed by atoms with Gasteiger partial charge in [-0.25, -0.2) is 9.97 Å². The monoisotopic (exact) mass is 242 g/mol. The van der Waals surface area contributed by atoms with E-state index in [1.54, 1.807) is 6.33 Å². The van der Waals surface area contributed by atoms with Gasteiger partial charge in [-0.2, -0.15) is 0 Å². The molecule has 2 aromatic heterocycles. The van der Waals surface area contributed by atoms with Crippen LogP contribution >= 0.6 is 0 Å². The highest BCUT2D eigenvalue weighted by atomic mass is 15.1. The fourth-order valence-electron chi connectivity index (χ4n) is 4.00. The molecule has 0 amide bonds. The number of rotatable bonds is 0. The van der Waals surface area contributed by atoms with Crippen LogP contribution in [0.2, 0.25) is 0 Å². The number of nitrogens with one attached hydrogen (secondary N) is 1. The molecule has 18 heavy (non-hydrogen) atoms. The Morgan fingerprint density at radius 2 is 2.17 bits per heavy atom. The fourth-order valence-corrected chi connectivity index (χ4v) is 4.00. The molecule has 2 aliphatic rings. The van der Waals surface area contributed by atoms with Crippen molar-refractivity contribution in [1.29, 1.82) is 0 Å². The van der Waals surface area contributed by atoms with Crippen LogP contribution in [-0.2, 0) is 19.0 Å². The largest absolute Gasteiger partial charge is 0.331 e. The average Bonchev–Trinajstić information content (AvgIpc) is 2.97. The molecule has 4 heteroatoms. The molecule has 4 nitrogen and oxygen atoms in total. The van der Waals surface area contributed by atoms with Crippen molar-refractivity contribution in [2.24, 2.45) is 7.05 Å². The number of fused-ring (bicyclic) bond motifs is 4. The minimum Gasteiger partial charge on any atom is -0.331 e. The van der Waals surface area contributed by atoms with Crippen molar-refractivity contribution >= 4 is 11.0 Å². The van der Waals surface area contributed by atoms with Crippen LogP contribution in [0.4, 0.5) is 0 Å². The Morgan fingerprint density at radius 1 is 1.33 bits per heavy atom. The van der Waals surface area contributed by atoms with Crippen molar-refractivity contribution in [2.45, 2.75) is 37.6 Å². The van der Waals surface area contributed by atoms with Gasteiger partial charge in [0.1, 0.15) is 12.0 Å². The summed E-state index contributed by atoms with van der Waals surface area (Å²) in [5.41, 5.74) is 4.39. The second-order valence-corrected chi connectivity index (χ2v) is 5.73. The third-order valence-corrected chi connectivity index (χ3v) is 4.82. The van der Waals surface area contributed by atoms with Crippen LogP contribution in [0.3, 0.4) is 0 Å². The van der Waals surface area contributed by atoms with Gasteiger partial charge >= 0.3 is 0 Å². The van der Waals surface area contributed by atoms with Gasteiger partial charge in [0, 0.05) is 42.8 Å². The Balaban J connectivity index is 2.07. The van der Waals surface area contributed by atoms with Gasteiger partial charge in [-0.15, -0.1) is 0 Å². The van der Waals surface area contributed by atoms with Crippen LogP contribution in [0.25, 0.3) is 11.0 Å². The predicted molar refractivity (Wildman–Crippen MR) is 70.4 cm³/mol. The zero-order valence-corrected chi connectivity index (χ0v) is 10.7. The van der Waals surface area contributed by atoms with Gasteiger partial charge < -0.3 is 9.88 Å². The van der Waals surface area contributed by atoms with Crippen molar-refractivity contribution in [1.82, 2.24) is 19.9 Å². The standard InChI is InChI=1S/C14H18N4/c1-18-11-7-15-8-14(4-2-3-5-14)12(11)10-6-16-9-17-13(10)18/h6,9,15H,2-5,7-8H2,1H3. The first kappa shape index (κ1) is 10.5. The molecular formula is C14H18N4. The smallest absolute Gasteiger partial charge is 0.143 e. The van der Waals surface area contributed by atoms with Crippen LogP contribution in [-0.4, -0.2) is 21.1 Å². The Bertz CT molecular complexity index is 608. The van der Waals surface area contributed by atoms with E-state index in [-0.39, 0.29) is 0 Å². The van der Waals surface area contributed by atoms with Crippen molar-refractivity contribution in [2.75, 3.05) is 6.54 Å². The zero-order chi connectivity index (χ0) is 12.2. The number of aryl methyl sites for hydroxylation is 1. The molecule has 2 aromatic rings. The third-order valence-electron chi connectivity index (χ3n) is 4.82. The maximum atomic E-state index is 4.46. The molecule has 3 heterocycles. The van der Waals surface area contributed by atoms with E-state index in [4.69, 9.17) is 0 Å². The van der Waals surface area contributed by atoms with Gasteiger partial charge in [0.05, 0.1) is 0 Å². The first-order valence-electron chi connectivity index (χ1n) is 6.80. The van der Waals surface area contributed by atoms with Crippen molar-refractivity contribution < 1.29 is 0 Å².